The number of carbonyl (C=O) groups excluding carboxylic acids is 2. The minimum absolute atomic E-state index is 0.00722. The zero-order chi connectivity index (χ0) is 28.1. The van der Waals surface area contributed by atoms with E-state index in [9.17, 15) is 9.59 Å². The second-order valence-corrected chi connectivity index (χ2v) is 10.5. The zero-order valence-corrected chi connectivity index (χ0v) is 22.7. The number of hydrogen-bond donors (Lipinski definition) is 2. The number of fused-ring (bicyclic) bond motifs is 2. The molecule has 2 amide bonds. The second kappa shape index (κ2) is 11.8. The maximum absolute atomic E-state index is 13.0. The molecule has 4 aromatic rings. The lowest BCUT2D eigenvalue weighted by Gasteiger charge is -2.28. The molecule has 10 nitrogen and oxygen atoms in total. The molecule has 40 heavy (non-hydrogen) atoms. The molecule has 0 saturated carbocycles. The molecule has 208 valence electrons. The summed E-state index contributed by atoms with van der Waals surface area (Å²) < 4.78 is 13.5. The summed E-state index contributed by atoms with van der Waals surface area (Å²) in [5.41, 5.74) is 9.58. The average Bonchev–Trinajstić information content (AvgIpc) is 3.40. The van der Waals surface area contributed by atoms with Crippen LogP contribution < -0.4 is 11.1 Å². The number of ether oxygens (including phenoxy) is 2. The normalized spacial score (nSPS) is 14.0. The quantitative estimate of drug-likeness (QED) is 0.332. The van der Waals surface area contributed by atoms with Crippen molar-refractivity contribution >= 4 is 17.6 Å². The molecule has 1 atom stereocenters. The van der Waals surface area contributed by atoms with Crippen molar-refractivity contribution in [3.05, 3.63) is 101 Å². The fourth-order valence-corrected chi connectivity index (χ4v) is 4.64. The highest BCUT2D eigenvalue weighted by Crippen LogP contribution is 2.21. The van der Waals surface area contributed by atoms with Crippen LogP contribution in [0.3, 0.4) is 0 Å². The van der Waals surface area contributed by atoms with Crippen LogP contribution in [-0.4, -0.2) is 50.2 Å². The number of aromatic nitrogens is 3. The van der Waals surface area contributed by atoms with E-state index in [1.54, 1.807) is 29.2 Å². The van der Waals surface area contributed by atoms with Gasteiger partial charge in [-0.25, -0.2) is 4.79 Å². The monoisotopic (exact) mass is 542 g/mol. The van der Waals surface area contributed by atoms with Crippen molar-refractivity contribution in [1.82, 2.24) is 24.8 Å². The molecule has 5 rings (SSSR count). The predicted molar refractivity (Wildman–Crippen MR) is 149 cm³/mol. The van der Waals surface area contributed by atoms with Gasteiger partial charge in [0.25, 0.3) is 0 Å². The molecule has 0 radical (unpaired) electrons. The molecule has 2 aromatic carbocycles. The molecule has 1 aliphatic heterocycles. The number of nitrogens with two attached hydrogens (primary N) is 1. The molecule has 0 saturated heterocycles. The zero-order valence-electron chi connectivity index (χ0n) is 22.7. The summed E-state index contributed by atoms with van der Waals surface area (Å²) in [6.45, 7) is 4.88. The van der Waals surface area contributed by atoms with E-state index in [1.165, 1.54) is 5.56 Å². The Morgan fingerprint density at radius 1 is 0.975 bits per heavy atom. The summed E-state index contributed by atoms with van der Waals surface area (Å²) in [6.07, 6.45) is 0.403. The van der Waals surface area contributed by atoms with Crippen molar-refractivity contribution in [3.8, 4) is 0 Å². The van der Waals surface area contributed by atoms with Crippen molar-refractivity contribution in [2.24, 2.45) is 5.73 Å². The van der Waals surface area contributed by atoms with Gasteiger partial charge >= 0.3 is 6.09 Å². The van der Waals surface area contributed by atoms with Crippen molar-refractivity contribution < 1.29 is 19.1 Å². The van der Waals surface area contributed by atoms with E-state index in [1.807, 2.05) is 60.7 Å². The summed E-state index contributed by atoms with van der Waals surface area (Å²) in [7, 11) is 0. The number of amides is 2. The van der Waals surface area contributed by atoms with Crippen molar-refractivity contribution in [2.45, 2.75) is 51.6 Å². The topological polar surface area (TPSA) is 124 Å². The molecule has 0 aliphatic carbocycles. The van der Waals surface area contributed by atoms with Crippen LogP contribution in [0, 0.1) is 0 Å². The highest BCUT2D eigenvalue weighted by molar-refractivity contribution is 5.85. The van der Waals surface area contributed by atoms with Gasteiger partial charge in [0.1, 0.15) is 12.6 Å². The van der Waals surface area contributed by atoms with E-state index < -0.39 is 11.6 Å². The van der Waals surface area contributed by atoms with Crippen LogP contribution in [0.5, 0.6) is 0 Å². The first kappa shape index (κ1) is 27.3. The lowest BCUT2D eigenvalue weighted by atomic mass is 10.0. The van der Waals surface area contributed by atoms with Gasteiger partial charge in [-0.15, -0.1) is 10.2 Å². The molecule has 2 aromatic heterocycles. The van der Waals surface area contributed by atoms with Gasteiger partial charge < -0.3 is 25.4 Å². The maximum Gasteiger partial charge on any atom is 0.410 e. The number of carbonyl (C=O) groups is 2. The molecule has 1 aliphatic rings. The summed E-state index contributed by atoms with van der Waals surface area (Å²) >= 11 is 0. The van der Waals surface area contributed by atoms with E-state index in [4.69, 9.17) is 15.2 Å². The fourth-order valence-electron chi connectivity index (χ4n) is 4.64. The standard InChI is InChI=1S/C30H34N6O4/c1-30(2,31)28(37)32-25(20-39-18-21-9-4-3-5-10-21)27-34-33-26-14-8-13-24(36(26)27)19-40-29(38)35-16-15-22-11-6-7-12-23(22)17-35/h3-14,25H,15-20,31H2,1-2H3,(H,32,37)/t25-/m1/s1. The highest BCUT2D eigenvalue weighted by atomic mass is 16.6. The van der Waals surface area contributed by atoms with Crippen LogP contribution in [0.4, 0.5) is 4.79 Å². The maximum atomic E-state index is 13.0. The molecular formula is C30H34N6O4. The Hall–Kier alpha value is -4.28. The third-order valence-corrected chi connectivity index (χ3v) is 6.86. The number of rotatable bonds is 9. The summed E-state index contributed by atoms with van der Waals surface area (Å²) in [5.74, 6) is 0.103. The minimum Gasteiger partial charge on any atom is -0.443 e. The number of nitrogens with one attached hydrogen (secondary N) is 1. The summed E-state index contributed by atoms with van der Waals surface area (Å²) in [4.78, 5) is 27.6. The molecule has 3 N–H and O–H groups in total. The van der Waals surface area contributed by atoms with E-state index >= 15 is 0 Å². The molecule has 0 spiro atoms. The Bertz CT molecular complexity index is 1480. The Morgan fingerprint density at radius 3 is 2.50 bits per heavy atom. The van der Waals surface area contributed by atoms with Crippen LogP contribution in [0.15, 0.2) is 72.8 Å². The number of pyridine rings is 1. The third kappa shape index (κ3) is 6.30. The number of benzene rings is 2. The van der Waals surface area contributed by atoms with E-state index in [0.29, 0.717) is 36.9 Å². The minimum atomic E-state index is -1.11. The Morgan fingerprint density at radius 2 is 1.73 bits per heavy atom. The Balaban J connectivity index is 1.34. The Kier molecular flexibility index (Phi) is 8.09. The van der Waals surface area contributed by atoms with E-state index in [-0.39, 0.29) is 25.2 Å². The average molecular weight is 543 g/mol. The lowest BCUT2D eigenvalue weighted by molar-refractivity contribution is -0.126. The number of hydrogen-bond acceptors (Lipinski definition) is 7. The highest BCUT2D eigenvalue weighted by Gasteiger charge is 2.29. The molecule has 0 bridgehead atoms. The lowest BCUT2D eigenvalue weighted by Crippen LogP contribution is -2.51. The Labute approximate surface area is 233 Å². The summed E-state index contributed by atoms with van der Waals surface area (Å²) in [6, 6.07) is 22.7. The first-order valence-corrected chi connectivity index (χ1v) is 13.3. The van der Waals surface area contributed by atoms with Crippen LogP contribution in [-0.2, 0) is 40.4 Å². The van der Waals surface area contributed by atoms with Crippen LogP contribution >= 0.6 is 0 Å². The molecule has 3 heterocycles. The first-order valence-electron chi connectivity index (χ1n) is 13.3. The van der Waals surface area contributed by atoms with Crippen LogP contribution in [0.25, 0.3) is 5.65 Å². The predicted octanol–water partition coefficient (Wildman–Crippen LogP) is 3.54. The van der Waals surface area contributed by atoms with Crippen molar-refractivity contribution in [2.75, 3.05) is 13.2 Å². The second-order valence-electron chi connectivity index (χ2n) is 10.5. The van der Waals surface area contributed by atoms with E-state index in [0.717, 1.165) is 17.5 Å². The molecule has 10 heteroatoms. The van der Waals surface area contributed by atoms with Gasteiger partial charge in [0, 0.05) is 13.1 Å². The molecule has 0 fully saturated rings. The smallest absolute Gasteiger partial charge is 0.410 e. The van der Waals surface area contributed by atoms with Crippen molar-refractivity contribution in [3.63, 3.8) is 0 Å². The molecule has 0 unspecified atom stereocenters. The first-order chi connectivity index (χ1) is 19.3. The number of nitrogens with zero attached hydrogens (tertiary/aromatic N) is 4. The van der Waals surface area contributed by atoms with Gasteiger partial charge in [-0.05, 0) is 49.1 Å². The fraction of sp³-hybridized carbons (Fsp3) is 0.333. The van der Waals surface area contributed by atoms with E-state index in [2.05, 4.69) is 21.6 Å². The van der Waals surface area contributed by atoms with Gasteiger partial charge in [0.15, 0.2) is 11.5 Å². The SMILES string of the molecule is CC(C)(N)C(=O)N[C@H](COCc1ccccc1)c1nnc2cccc(COC(=O)N3CCc4ccccc4C3)n12. The van der Waals surface area contributed by atoms with Gasteiger partial charge in [0.05, 0.1) is 24.4 Å². The van der Waals surface area contributed by atoms with Crippen LogP contribution in [0.2, 0.25) is 0 Å². The molecular weight excluding hydrogens is 508 g/mol. The van der Waals surface area contributed by atoms with Gasteiger partial charge in [-0.2, -0.15) is 0 Å². The van der Waals surface area contributed by atoms with Gasteiger partial charge in [0.2, 0.25) is 5.91 Å². The van der Waals surface area contributed by atoms with Crippen molar-refractivity contribution in [1.29, 1.82) is 0 Å². The van der Waals surface area contributed by atoms with Crippen LogP contribution in [0.1, 0.15) is 48.1 Å². The largest absolute Gasteiger partial charge is 0.443 e. The van der Waals surface area contributed by atoms with Gasteiger partial charge in [-0.1, -0.05) is 60.7 Å². The summed E-state index contributed by atoms with van der Waals surface area (Å²) in [5, 5.41) is 11.7. The third-order valence-electron chi connectivity index (χ3n) is 6.86. The van der Waals surface area contributed by atoms with Gasteiger partial charge in [-0.3, -0.25) is 9.20 Å².